The van der Waals surface area contributed by atoms with Gasteiger partial charge in [0.2, 0.25) is 5.91 Å². The minimum atomic E-state index is -0.753. The summed E-state index contributed by atoms with van der Waals surface area (Å²) >= 11 is 0. The molecular weight excluding hydrogens is 620 g/mol. The molecule has 2 aromatic carbocycles. The maximum Gasteiger partial charge on any atom is 0.319 e. The molecule has 4 atom stereocenters. The number of pyridine rings is 1. The number of piperazine rings is 1. The predicted molar refractivity (Wildman–Crippen MR) is 174 cm³/mol. The van der Waals surface area contributed by atoms with E-state index >= 15 is 8.78 Å². The zero-order valence-corrected chi connectivity index (χ0v) is 26.5. The Hall–Kier alpha value is -4.20. The molecule has 7 heterocycles. The van der Waals surface area contributed by atoms with Gasteiger partial charge in [0, 0.05) is 55.8 Å². The molecule has 1 amide bonds. The number of fused-ring (bicyclic) bond motifs is 9. The van der Waals surface area contributed by atoms with Crippen LogP contribution in [0.4, 0.5) is 14.6 Å². The summed E-state index contributed by atoms with van der Waals surface area (Å²) in [4.78, 5) is 31.5. The fraction of sp³-hybridized carbons (Fsp3) is 0.486. The number of hydrogen-bond donors (Lipinski definition) is 3. The SMILES string of the molecule is O=C1CCOC2CN3CCC[C@]3(COc3nc(c4cnc(-c5cc(O)cc6cccc(F)c56)c(F)c4n3)N3CC4CC[C@](CN1)(C3)N4)C2. The van der Waals surface area contributed by atoms with Gasteiger partial charge in [0.25, 0.3) is 0 Å². The Kier molecular flexibility index (Phi) is 6.96. The molecule has 2 aromatic heterocycles. The van der Waals surface area contributed by atoms with E-state index in [2.05, 4.69) is 30.4 Å². The van der Waals surface area contributed by atoms with Crippen LogP contribution < -0.4 is 20.3 Å². The molecule has 5 aliphatic rings. The lowest BCUT2D eigenvalue weighted by Crippen LogP contribution is -2.64. The summed E-state index contributed by atoms with van der Waals surface area (Å²) in [6.45, 7) is 3.95. The van der Waals surface area contributed by atoms with Crippen molar-refractivity contribution in [2.75, 3.05) is 50.8 Å². The molecule has 4 fully saturated rings. The minimum absolute atomic E-state index is 0.00684. The zero-order valence-electron chi connectivity index (χ0n) is 26.5. The van der Waals surface area contributed by atoms with E-state index in [0.717, 1.165) is 45.2 Å². The lowest BCUT2D eigenvalue weighted by atomic mass is 9.94. The van der Waals surface area contributed by atoms with Crippen LogP contribution in [0.5, 0.6) is 11.8 Å². The number of nitrogens with zero attached hydrogens (tertiary/aromatic N) is 5. The fourth-order valence-electron chi connectivity index (χ4n) is 8.86. The Labute approximate surface area is 275 Å². The molecule has 5 aliphatic heterocycles. The van der Waals surface area contributed by atoms with Gasteiger partial charge < -0.3 is 30.1 Å². The summed E-state index contributed by atoms with van der Waals surface area (Å²) in [7, 11) is 0. The third-order valence-corrected chi connectivity index (χ3v) is 11.1. The molecule has 11 nitrogen and oxygen atoms in total. The number of halogens is 2. The Morgan fingerprint density at radius 2 is 2.04 bits per heavy atom. The van der Waals surface area contributed by atoms with E-state index in [9.17, 15) is 9.90 Å². The van der Waals surface area contributed by atoms with Crippen molar-refractivity contribution < 1.29 is 28.2 Å². The summed E-state index contributed by atoms with van der Waals surface area (Å²) in [5.74, 6) is -0.974. The number of amides is 1. The number of benzene rings is 2. The Morgan fingerprint density at radius 3 is 2.96 bits per heavy atom. The number of anilines is 1. The van der Waals surface area contributed by atoms with Gasteiger partial charge >= 0.3 is 6.01 Å². The van der Waals surface area contributed by atoms with Crippen LogP contribution in [0.2, 0.25) is 0 Å². The number of phenolic OH excluding ortho intramolecular Hbond substituents is 1. The molecule has 48 heavy (non-hydrogen) atoms. The molecule has 2 unspecified atom stereocenters. The summed E-state index contributed by atoms with van der Waals surface area (Å²) in [5.41, 5.74) is -0.649. The van der Waals surface area contributed by atoms with Gasteiger partial charge in [-0.2, -0.15) is 9.97 Å². The van der Waals surface area contributed by atoms with E-state index in [-0.39, 0.29) is 57.5 Å². The van der Waals surface area contributed by atoms with Gasteiger partial charge in [0.15, 0.2) is 5.82 Å². The topological polar surface area (TPSA) is 125 Å². The number of nitrogens with one attached hydrogen (secondary N) is 2. The highest BCUT2D eigenvalue weighted by molar-refractivity contribution is 6.00. The number of aromatic hydroxyl groups is 1. The molecular formula is C35H37F2N7O4. The Balaban J connectivity index is 1.19. The van der Waals surface area contributed by atoms with E-state index in [1.54, 1.807) is 12.1 Å². The lowest BCUT2D eigenvalue weighted by Gasteiger charge is -2.42. The normalized spacial score (nSPS) is 29.1. The standard InChI is InChI=1S/C35H37F2N7O4/c36-26-4-1-3-20-11-22(45)12-24(28(20)26)30-29(37)31-25(14-38-30)32-41-33(40-31)48-19-35-7-2-9-44(35)16-23(13-35)47-10-6-27(46)39-17-34-8-5-21(42-34)15-43(32)18-34/h1,3-4,11-12,14,21,23,42,45H,2,5-10,13,15-19H2,(H,39,46)/t21?,23?,34-,35+/m0/s1. The monoisotopic (exact) mass is 657 g/mol. The predicted octanol–water partition coefficient (Wildman–Crippen LogP) is 3.66. The van der Waals surface area contributed by atoms with Crippen LogP contribution in [0.1, 0.15) is 38.5 Å². The second kappa shape index (κ2) is 11.2. The first-order chi connectivity index (χ1) is 23.3. The molecule has 0 aliphatic carbocycles. The first-order valence-electron chi connectivity index (χ1n) is 16.8. The molecule has 13 heteroatoms. The van der Waals surface area contributed by atoms with Crippen molar-refractivity contribution in [3.8, 4) is 23.0 Å². The minimum Gasteiger partial charge on any atom is -0.508 e. The van der Waals surface area contributed by atoms with Crippen LogP contribution in [-0.4, -0.2) is 100 Å². The van der Waals surface area contributed by atoms with Crippen LogP contribution in [0.3, 0.4) is 0 Å². The van der Waals surface area contributed by atoms with E-state index in [1.165, 1.54) is 24.4 Å². The van der Waals surface area contributed by atoms with Crippen LogP contribution in [0, 0.1) is 11.6 Å². The van der Waals surface area contributed by atoms with Gasteiger partial charge in [-0.1, -0.05) is 12.1 Å². The number of hydrogen-bond acceptors (Lipinski definition) is 10. The van der Waals surface area contributed by atoms with E-state index in [0.29, 0.717) is 55.9 Å². The van der Waals surface area contributed by atoms with Crippen LogP contribution in [-0.2, 0) is 9.53 Å². The van der Waals surface area contributed by atoms with Gasteiger partial charge in [-0.3, -0.25) is 14.7 Å². The number of ether oxygens (including phenoxy) is 2. The number of phenols is 1. The van der Waals surface area contributed by atoms with Gasteiger partial charge in [0.05, 0.1) is 29.2 Å². The summed E-state index contributed by atoms with van der Waals surface area (Å²) in [6.07, 6.45) is 6.31. The highest BCUT2D eigenvalue weighted by atomic mass is 19.1. The Bertz CT molecular complexity index is 1960. The van der Waals surface area contributed by atoms with Gasteiger partial charge in [0.1, 0.15) is 35.2 Å². The highest BCUT2D eigenvalue weighted by Crippen LogP contribution is 2.42. The third kappa shape index (κ3) is 4.93. The van der Waals surface area contributed by atoms with Crippen molar-refractivity contribution in [2.24, 2.45) is 0 Å². The van der Waals surface area contributed by atoms with Crippen molar-refractivity contribution >= 4 is 33.4 Å². The average molecular weight is 658 g/mol. The summed E-state index contributed by atoms with van der Waals surface area (Å²) in [6, 6.07) is 7.48. The molecule has 3 N–H and O–H groups in total. The third-order valence-electron chi connectivity index (χ3n) is 11.1. The van der Waals surface area contributed by atoms with E-state index < -0.39 is 17.2 Å². The smallest absolute Gasteiger partial charge is 0.319 e. The number of rotatable bonds is 1. The van der Waals surface area contributed by atoms with Crippen molar-refractivity contribution in [3.05, 3.63) is 48.2 Å². The molecule has 250 valence electrons. The first-order valence-corrected chi connectivity index (χ1v) is 16.8. The Morgan fingerprint density at radius 1 is 1.12 bits per heavy atom. The second-order valence-corrected chi connectivity index (χ2v) is 14.2. The van der Waals surface area contributed by atoms with E-state index in [4.69, 9.17) is 14.5 Å². The van der Waals surface area contributed by atoms with Gasteiger partial charge in [-0.25, -0.2) is 8.78 Å². The van der Waals surface area contributed by atoms with E-state index in [1.807, 2.05) is 0 Å². The van der Waals surface area contributed by atoms with Crippen LogP contribution in [0.25, 0.3) is 32.9 Å². The van der Waals surface area contributed by atoms with Crippen molar-refractivity contribution in [1.82, 2.24) is 30.5 Å². The number of carbonyl (C=O) groups excluding carboxylic acids is 1. The highest BCUT2D eigenvalue weighted by Gasteiger charge is 2.50. The van der Waals surface area contributed by atoms with Gasteiger partial charge in [-0.15, -0.1) is 0 Å². The molecule has 9 rings (SSSR count). The largest absolute Gasteiger partial charge is 0.508 e. The first kappa shape index (κ1) is 29.9. The van der Waals surface area contributed by atoms with Gasteiger partial charge in [-0.05, 0) is 62.2 Å². The van der Waals surface area contributed by atoms with Crippen LogP contribution >= 0.6 is 0 Å². The summed E-state index contributed by atoms with van der Waals surface area (Å²) < 4.78 is 44.7. The molecule has 0 radical (unpaired) electrons. The van der Waals surface area contributed by atoms with Crippen molar-refractivity contribution in [2.45, 2.75) is 61.7 Å². The quantitative estimate of drug-likeness (QED) is 0.280. The average Bonchev–Trinajstić information content (AvgIpc) is 3.71. The number of aromatic nitrogens is 3. The molecule has 0 saturated carbocycles. The molecule has 4 aromatic rings. The maximum atomic E-state index is 16.9. The van der Waals surface area contributed by atoms with Crippen molar-refractivity contribution in [1.29, 1.82) is 0 Å². The molecule has 2 spiro atoms. The second-order valence-electron chi connectivity index (χ2n) is 14.2. The fourth-order valence-corrected chi connectivity index (χ4v) is 8.86. The van der Waals surface area contributed by atoms with Crippen LogP contribution in [0.15, 0.2) is 36.5 Å². The molecule has 4 saturated heterocycles. The lowest BCUT2D eigenvalue weighted by molar-refractivity contribution is -0.122. The summed E-state index contributed by atoms with van der Waals surface area (Å²) in [5, 5.41) is 18.3. The zero-order chi connectivity index (χ0) is 32.6. The number of carbonyl (C=O) groups is 1. The molecule has 7 bridgehead atoms. The van der Waals surface area contributed by atoms with Crippen molar-refractivity contribution in [3.63, 3.8) is 0 Å². The maximum absolute atomic E-state index is 16.9.